The van der Waals surface area contributed by atoms with Crippen molar-refractivity contribution in [1.82, 2.24) is 40.3 Å². The van der Waals surface area contributed by atoms with Gasteiger partial charge in [-0.15, -0.1) is 5.10 Å². The number of alkyl halides is 5. The highest BCUT2D eigenvalue weighted by Crippen LogP contribution is 2.42. The van der Waals surface area contributed by atoms with Gasteiger partial charge >= 0.3 is 12.1 Å². The van der Waals surface area contributed by atoms with E-state index in [1.165, 1.54) is 30.5 Å². The van der Waals surface area contributed by atoms with E-state index in [1.54, 1.807) is 0 Å². The van der Waals surface area contributed by atoms with E-state index in [9.17, 15) is 31.5 Å². The van der Waals surface area contributed by atoms with Crippen LogP contribution in [0.15, 0.2) is 36.5 Å². The number of amides is 2. The SMILES string of the molecule is Nc1cc(Cl)cc(C(=O)NC2CC2)c1NC(=O)c1cc(Cn2nnnc2C(F)(F)C(F)(F)F)nn1-c1ncccc1Cl. The van der Waals surface area contributed by atoms with Crippen molar-refractivity contribution in [3.8, 4) is 5.82 Å². The van der Waals surface area contributed by atoms with E-state index in [2.05, 4.69) is 36.2 Å². The molecule has 12 nitrogen and oxygen atoms in total. The molecule has 0 atom stereocenters. The van der Waals surface area contributed by atoms with Gasteiger partial charge in [0.1, 0.15) is 5.69 Å². The molecule has 1 aromatic carbocycles. The topological polar surface area (TPSA) is 159 Å². The number of benzene rings is 1. The number of halogens is 7. The van der Waals surface area contributed by atoms with Gasteiger partial charge in [-0.1, -0.05) is 23.2 Å². The fourth-order valence-corrected chi connectivity index (χ4v) is 4.22. The normalized spacial score (nSPS) is 13.7. The third-order valence-electron chi connectivity index (χ3n) is 5.94. The molecule has 0 spiro atoms. The number of tetrazole rings is 1. The number of pyridine rings is 1. The lowest BCUT2D eigenvalue weighted by Gasteiger charge is -2.18. The number of aromatic nitrogens is 7. The lowest BCUT2D eigenvalue weighted by molar-refractivity contribution is -0.293. The highest BCUT2D eigenvalue weighted by molar-refractivity contribution is 6.32. The number of nitrogens with two attached hydrogens (primary N) is 1. The zero-order valence-electron chi connectivity index (χ0n) is 20.8. The number of hydrogen-bond donors (Lipinski definition) is 3. The first kappa shape index (κ1) is 29.1. The zero-order valence-corrected chi connectivity index (χ0v) is 22.3. The summed E-state index contributed by atoms with van der Waals surface area (Å²) in [7, 11) is 0. The van der Waals surface area contributed by atoms with Crippen LogP contribution in [0.3, 0.4) is 0 Å². The summed E-state index contributed by atoms with van der Waals surface area (Å²) in [6, 6.07) is 6.58. The lowest BCUT2D eigenvalue weighted by Crippen LogP contribution is -2.36. The van der Waals surface area contributed by atoms with Crippen LogP contribution in [0.4, 0.5) is 33.3 Å². The highest BCUT2D eigenvalue weighted by atomic mass is 35.5. The van der Waals surface area contributed by atoms with E-state index in [4.69, 9.17) is 28.9 Å². The molecule has 0 saturated heterocycles. The van der Waals surface area contributed by atoms with Crippen molar-refractivity contribution in [3.05, 3.63) is 69.3 Å². The number of hydrogen-bond acceptors (Lipinski definition) is 8. The molecule has 3 aromatic heterocycles. The van der Waals surface area contributed by atoms with Crippen LogP contribution in [0.2, 0.25) is 10.0 Å². The van der Waals surface area contributed by atoms with Crippen LogP contribution in [0.25, 0.3) is 5.82 Å². The predicted octanol–water partition coefficient (Wildman–Crippen LogP) is 3.99. The van der Waals surface area contributed by atoms with Crippen LogP contribution in [0, 0.1) is 0 Å². The van der Waals surface area contributed by atoms with Crippen LogP contribution in [-0.2, 0) is 12.5 Å². The molecule has 4 N–H and O–H groups in total. The Kier molecular flexibility index (Phi) is 7.48. The zero-order chi connectivity index (χ0) is 30.4. The average Bonchev–Trinajstić information content (AvgIpc) is 3.42. The van der Waals surface area contributed by atoms with Crippen molar-refractivity contribution in [2.24, 2.45) is 0 Å². The second-order valence-electron chi connectivity index (χ2n) is 9.09. The standard InChI is InChI=1S/C23H17Cl2F5N10O2/c24-10-6-13(19(41)33-11-3-4-11)17(15(31)7-10)34-20(42)16-8-12(36-40(16)18-14(25)2-1-5-32-18)9-39-21(35-37-38-39)22(26,27)23(28,29)30/h1-2,5-8,11H,3-4,9,31H2,(H,33,41)(H,34,42). The Morgan fingerprint density at radius 3 is 2.50 bits per heavy atom. The largest absolute Gasteiger partial charge is 0.461 e. The summed E-state index contributed by atoms with van der Waals surface area (Å²) in [6.07, 6.45) is -3.08. The van der Waals surface area contributed by atoms with Gasteiger partial charge in [0.2, 0.25) is 5.82 Å². The van der Waals surface area contributed by atoms with Crippen LogP contribution in [0.5, 0.6) is 0 Å². The lowest BCUT2D eigenvalue weighted by atomic mass is 10.1. The number of nitrogens with one attached hydrogen (secondary N) is 2. The third kappa shape index (κ3) is 5.69. The number of nitrogens with zero attached hydrogens (tertiary/aromatic N) is 7. The quantitative estimate of drug-likeness (QED) is 0.195. The van der Waals surface area contributed by atoms with Gasteiger partial charge in [0, 0.05) is 17.3 Å². The minimum absolute atomic E-state index is 0.0171. The molecule has 3 heterocycles. The van der Waals surface area contributed by atoms with Gasteiger partial charge in [0.15, 0.2) is 5.82 Å². The molecule has 0 bridgehead atoms. The molecular formula is C23H17Cl2F5N10O2. The summed E-state index contributed by atoms with van der Waals surface area (Å²) in [6.45, 7) is -0.802. The van der Waals surface area contributed by atoms with Gasteiger partial charge in [-0.3, -0.25) is 9.59 Å². The Balaban J connectivity index is 1.54. The third-order valence-corrected chi connectivity index (χ3v) is 6.46. The van der Waals surface area contributed by atoms with Crippen LogP contribution in [0.1, 0.15) is 45.2 Å². The van der Waals surface area contributed by atoms with Crippen LogP contribution >= 0.6 is 23.2 Å². The van der Waals surface area contributed by atoms with Gasteiger partial charge < -0.3 is 16.4 Å². The number of carbonyl (C=O) groups is 2. The van der Waals surface area contributed by atoms with E-state index in [-0.39, 0.29) is 54.9 Å². The summed E-state index contributed by atoms with van der Waals surface area (Å²) < 4.78 is 68.1. The van der Waals surface area contributed by atoms with Crippen molar-refractivity contribution in [3.63, 3.8) is 0 Å². The van der Waals surface area contributed by atoms with Gasteiger partial charge in [0.05, 0.1) is 34.2 Å². The maximum absolute atomic E-state index is 14.0. The minimum atomic E-state index is -5.98. The van der Waals surface area contributed by atoms with Gasteiger partial charge in [-0.25, -0.2) is 14.3 Å². The maximum atomic E-state index is 14.0. The molecule has 19 heteroatoms. The summed E-state index contributed by atoms with van der Waals surface area (Å²) in [5.74, 6) is -8.70. The van der Waals surface area contributed by atoms with E-state index < -0.39 is 36.3 Å². The Morgan fingerprint density at radius 2 is 1.83 bits per heavy atom. The summed E-state index contributed by atoms with van der Waals surface area (Å²) in [5.41, 5.74) is 5.38. The van der Waals surface area contributed by atoms with Crippen molar-refractivity contribution >= 4 is 46.4 Å². The van der Waals surface area contributed by atoms with Crippen molar-refractivity contribution in [2.45, 2.75) is 37.5 Å². The fraction of sp³-hybridized carbons (Fsp3) is 0.261. The van der Waals surface area contributed by atoms with Crippen molar-refractivity contribution in [1.29, 1.82) is 0 Å². The van der Waals surface area contributed by atoms with E-state index in [1.807, 2.05) is 0 Å². The average molecular weight is 631 g/mol. The smallest absolute Gasteiger partial charge is 0.397 e. The van der Waals surface area contributed by atoms with Gasteiger partial charge in [-0.05, 0) is 53.6 Å². The Bertz CT molecular complexity index is 1690. The minimum Gasteiger partial charge on any atom is -0.397 e. The first-order valence-corrected chi connectivity index (χ1v) is 12.6. The predicted molar refractivity (Wildman–Crippen MR) is 138 cm³/mol. The molecule has 0 radical (unpaired) electrons. The molecule has 1 saturated carbocycles. The second-order valence-corrected chi connectivity index (χ2v) is 9.94. The Hall–Kier alpha value is -4.38. The molecule has 1 fully saturated rings. The molecule has 0 aliphatic heterocycles. The molecule has 0 unspecified atom stereocenters. The van der Waals surface area contributed by atoms with Crippen molar-refractivity contribution < 1.29 is 31.5 Å². The Morgan fingerprint density at radius 1 is 1.10 bits per heavy atom. The monoisotopic (exact) mass is 630 g/mol. The number of rotatable bonds is 8. The Labute approximate surface area is 242 Å². The number of nitrogen functional groups attached to an aromatic ring is 1. The second kappa shape index (κ2) is 10.8. The number of carbonyl (C=O) groups excluding carboxylic acids is 2. The highest BCUT2D eigenvalue weighted by Gasteiger charge is 2.62. The molecule has 4 aromatic rings. The van der Waals surface area contributed by atoms with E-state index >= 15 is 0 Å². The number of anilines is 2. The first-order valence-electron chi connectivity index (χ1n) is 11.9. The van der Waals surface area contributed by atoms with E-state index in [0.29, 0.717) is 0 Å². The molecule has 1 aliphatic carbocycles. The van der Waals surface area contributed by atoms with Gasteiger partial charge in [0.25, 0.3) is 11.8 Å². The fourth-order valence-electron chi connectivity index (χ4n) is 3.79. The molecule has 2 amide bonds. The molecule has 1 aliphatic rings. The summed E-state index contributed by atoms with van der Waals surface area (Å²) in [5, 5.41) is 18.6. The summed E-state index contributed by atoms with van der Waals surface area (Å²) >= 11 is 12.3. The maximum Gasteiger partial charge on any atom is 0.461 e. The van der Waals surface area contributed by atoms with Crippen molar-refractivity contribution in [2.75, 3.05) is 11.1 Å². The molecular weight excluding hydrogens is 614 g/mol. The van der Waals surface area contributed by atoms with Gasteiger partial charge in [-0.2, -0.15) is 27.1 Å². The van der Waals surface area contributed by atoms with Crippen LogP contribution in [-0.4, -0.2) is 59.0 Å². The summed E-state index contributed by atoms with van der Waals surface area (Å²) in [4.78, 5) is 30.5. The van der Waals surface area contributed by atoms with E-state index in [0.717, 1.165) is 23.6 Å². The molecule has 5 rings (SSSR count). The molecule has 42 heavy (non-hydrogen) atoms. The first-order chi connectivity index (χ1) is 19.8. The molecule has 220 valence electrons. The van der Waals surface area contributed by atoms with Crippen LogP contribution < -0.4 is 16.4 Å².